The number of pyridine rings is 1. The summed E-state index contributed by atoms with van der Waals surface area (Å²) in [4.78, 5) is 22.1. The number of thiazole rings is 1. The average Bonchev–Trinajstić information content (AvgIpc) is 3.15. The van der Waals surface area contributed by atoms with Gasteiger partial charge in [0.15, 0.2) is 6.10 Å². The van der Waals surface area contributed by atoms with Crippen LogP contribution in [0, 0.1) is 6.92 Å². The molecule has 0 radical (unpaired) electrons. The molecule has 0 unspecified atom stereocenters. The number of benzene rings is 2. The molecule has 0 aliphatic carbocycles. The molecule has 1 atom stereocenters. The van der Waals surface area contributed by atoms with E-state index in [0.717, 1.165) is 21.7 Å². The van der Waals surface area contributed by atoms with Crippen molar-refractivity contribution in [3.63, 3.8) is 0 Å². The van der Waals surface area contributed by atoms with Gasteiger partial charge in [0, 0.05) is 23.5 Å². The highest BCUT2D eigenvalue weighted by Gasteiger charge is 2.23. The van der Waals surface area contributed by atoms with Crippen LogP contribution in [0.15, 0.2) is 85.2 Å². The fourth-order valence-electron chi connectivity index (χ4n) is 2.95. The van der Waals surface area contributed by atoms with Crippen LogP contribution in [0.1, 0.15) is 32.6 Å². The van der Waals surface area contributed by atoms with Crippen LogP contribution < -0.4 is 0 Å². The largest absolute Gasteiger partial charge is 0.448 e. The lowest BCUT2D eigenvalue weighted by atomic mass is 10.0. The van der Waals surface area contributed by atoms with Gasteiger partial charge in [-0.3, -0.25) is 4.98 Å². The molecular formula is C23H18N2O2S. The summed E-state index contributed by atoms with van der Waals surface area (Å²) in [6.45, 7) is 1.84. The fourth-order valence-corrected chi connectivity index (χ4v) is 3.90. The minimum absolute atomic E-state index is 0.372. The summed E-state index contributed by atoms with van der Waals surface area (Å²) in [7, 11) is 0. The van der Waals surface area contributed by atoms with Gasteiger partial charge in [-0.25, -0.2) is 9.78 Å². The molecule has 0 saturated carbocycles. The van der Waals surface area contributed by atoms with Crippen molar-refractivity contribution < 1.29 is 9.53 Å². The van der Waals surface area contributed by atoms with Crippen LogP contribution in [0.5, 0.6) is 0 Å². The molecular weight excluding hydrogens is 368 g/mol. The standard InChI is InChI=1S/C23H18N2O2S/c1-16-21(28-22(25-16)19-10-6-3-7-11-19)23(26)27-20(17-8-4-2-5-9-17)18-12-14-24-15-13-18/h2-15,20H,1H3/t20-/m1/s1. The van der Waals surface area contributed by atoms with Gasteiger partial charge in [-0.2, -0.15) is 0 Å². The lowest BCUT2D eigenvalue weighted by Gasteiger charge is -2.18. The van der Waals surface area contributed by atoms with E-state index in [-0.39, 0.29) is 5.97 Å². The summed E-state index contributed by atoms with van der Waals surface area (Å²) in [5.41, 5.74) is 3.45. The van der Waals surface area contributed by atoms with E-state index >= 15 is 0 Å². The number of rotatable bonds is 5. The van der Waals surface area contributed by atoms with Crippen molar-refractivity contribution in [2.45, 2.75) is 13.0 Å². The Morgan fingerprint density at radius 2 is 1.50 bits per heavy atom. The number of ether oxygens (including phenoxy) is 1. The molecule has 5 heteroatoms. The lowest BCUT2D eigenvalue weighted by molar-refractivity contribution is 0.0382. The first-order valence-corrected chi connectivity index (χ1v) is 9.73. The summed E-state index contributed by atoms with van der Waals surface area (Å²) >= 11 is 1.36. The van der Waals surface area contributed by atoms with E-state index < -0.39 is 6.10 Å². The van der Waals surface area contributed by atoms with Crippen molar-refractivity contribution in [1.82, 2.24) is 9.97 Å². The highest BCUT2D eigenvalue weighted by atomic mass is 32.1. The summed E-state index contributed by atoms with van der Waals surface area (Å²) in [6.07, 6.45) is 2.90. The number of aromatic nitrogens is 2. The van der Waals surface area contributed by atoms with Crippen molar-refractivity contribution in [3.8, 4) is 10.6 Å². The monoisotopic (exact) mass is 386 g/mol. The first-order chi connectivity index (χ1) is 13.7. The van der Waals surface area contributed by atoms with Gasteiger partial charge in [-0.1, -0.05) is 60.7 Å². The Balaban J connectivity index is 1.65. The maximum absolute atomic E-state index is 13.0. The molecule has 0 aliphatic heterocycles. The summed E-state index contributed by atoms with van der Waals surface area (Å²) < 4.78 is 5.94. The predicted molar refractivity (Wildman–Crippen MR) is 110 cm³/mol. The molecule has 4 aromatic rings. The van der Waals surface area contributed by atoms with E-state index in [9.17, 15) is 4.79 Å². The lowest BCUT2D eigenvalue weighted by Crippen LogP contribution is -2.13. The third-order valence-corrected chi connectivity index (χ3v) is 5.53. The number of aryl methyl sites for hydroxylation is 1. The average molecular weight is 386 g/mol. The Morgan fingerprint density at radius 1 is 0.893 bits per heavy atom. The minimum atomic E-state index is -0.502. The van der Waals surface area contributed by atoms with Crippen molar-refractivity contribution in [1.29, 1.82) is 0 Å². The maximum Gasteiger partial charge on any atom is 0.351 e. The normalized spacial score (nSPS) is 11.8. The van der Waals surface area contributed by atoms with Crippen LogP contribution in [0.4, 0.5) is 0 Å². The molecule has 0 N–H and O–H groups in total. The zero-order chi connectivity index (χ0) is 19.3. The van der Waals surface area contributed by atoms with Crippen molar-refractivity contribution in [2.24, 2.45) is 0 Å². The Bertz CT molecular complexity index is 1020. The second-order valence-corrected chi connectivity index (χ2v) is 7.28. The molecule has 0 amide bonds. The maximum atomic E-state index is 13.0. The first-order valence-electron chi connectivity index (χ1n) is 8.91. The molecule has 0 aliphatic rings. The van der Waals surface area contributed by atoms with Gasteiger partial charge < -0.3 is 4.74 Å². The van der Waals surface area contributed by atoms with Gasteiger partial charge >= 0.3 is 5.97 Å². The number of nitrogens with zero attached hydrogens (tertiary/aromatic N) is 2. The number of esters is 1. The van der Waals surface area contributed by atoms with E-state index in [2.05, 4.69) is 9.97 Å². The third-order valence-electron chi connectivity index (χ3n) is 4.34. The zero-order valence-corrected chi connectivity index (χ0v) is 16.1. The van der Waals surface area contributed by atoms with Gasteiger partial charge in [0.25, 0.3) is 0 Å². The summed E-state index contributed by atoms with van der Waals surface area (Å²) in [5.74, 6) is -0.372. The number of hydrogen-bond donors (Lipinski definition) is 0. The van der Waals surface area contributed by atoms with Crippen molar-refractivity contribution >= 4 is 17.3 Å². The van der Waals surface area contributed by atoms with Crippen LogP contribution in [0.25, 0.3) is 10.6 Å². The molecule has 138 valence electrons. The number of carbonyl (C=O) groups is 1. The summed E-state index contributed by atoms with van der Waals surface area (Å²) in [5, 5.41) is 0.810. The van der Waals surface area contributed by atoms with Crippen molar-refractivity contribution in [2.75, 3.05) is 0 Å². The van der Waals surface area contributed by atoms with Gasteiger partial charge in [-0.05, 0) is 24.6 Å². The summed E-state index contributed by atoms with van der Waals surface area (Å²) in [6, 6.07) is 23.3. The topological polar surface area (TPSA) is 52.1 Å². The Kier molecular flexibility index (Phi) is 5.26. The van der Waals surface area contributed by atoms with Crippen LogP contribution in [0.3, 0.4) is 0 Å². The molecule has 4 rings (SSSR count). The van der Waals surface area contributed by atoms with E-state index in [1.54, 1.807) is 12.4 Å². The predicted octanol–water partition coefficient (Wildman–Crippen LogP) is 5.46. The quantitative estimate of drug-likeness (QED) is 0.427. The SMILES string of the molecule is Cc1nc(-c2ccccc2)sc1C(=O)O[C@H](c1ccccc1)c1ccncc1. The van der Waals surface area contributed by atoms with E-state index in [1.807, 2.05) is 79.7 Å². The molecule has 0 fully saturated rings. The molecule has 0 spiro atoms. The first kappa shape index (κ1) is 18.1. The van der Waals surface area contributed by atoms with E-state index in [4.69, 9.17) is 4.74 Å². The molecule has 2 aromatic carbocycles. The second kappa shape index (κ2) is 8.15. The third kappa shape index (κ3) is 3.85. The zero-order valence-electron chi connectivity index (χ0n) is 15.3. The number of hydrogen-bond acceptors (Lipinski definition) is 5. The van der Waals surface area contributed by atoms with Gasteiger partial charge in [0.1, 0.15) is 9.88 Å². The van der Waals surface area contributed by atoms with Crippen LogP contribution in [0.2, 0.25) is 0 Å². The number of carbonyl (C=O) groups excluding carboxylic acids is 1. The van der Waals surface area contributed by atoms with Crippen LogP contribution in [-0.4, -0.2) is 15.9 Å². The molecule has 2 aromatic heterocycles. The van der Waals surface area contributed by atoms with E-state index in [0.29, 0.717) is 10.6 Å². The van der Waals surface area contributed by atoms with E-state index in [1.165, 1.54) is 11.3 Å². The van der Waals surface area contributed by atoms with Gasteiger partial charge in [0.2, 0.25) is 0 Å². The molecule has 0 saturated heterocycles. The smallest absolute Gasteiger partial charge is 0.351 e. The minimum Gasteiger partial charge on any atom is -0.448 e. The van der Waals surface area contributed by atoms with Gasteiger partial charge in [-0.15, -0.1) is 11.3 Å². The second-order valence-electron chi connectivity index (χ2n) is 6.28. The fraction of sp³-hybridized carbons (Fsp3) is 0.0870. The highest BCUT2D eigenvalue weighted by molar-refractivity contribution is 7.17. The Morgan fingerprint density at radius 3 is 2.18 bits per heavy atom. The van der Waals surface area contributed by atoms with Gasteiger partial charge in [0.05, 0.1) is 5.69 Å². The highest BCUT2D eigenvalue weighted by Crippen LogP contribution is 2.31. The van der Waals surface area contributed by atoms with Crippen molar-refractivity contribution in [3.05, 3.63) is 107 Å². The van der Waals surface area contributed by atoms with Crippen LogP contribution >= 0.6 is 11.3 Å². The molecule has 0 bridgehead atoms. The molecule has 28 heavy (non-hydrogen) atoms. The molecule has 4 nitrogen and oxygen atoms in total. The molecule has 2 heterocycles. The van der Waals surface area contributed by atoms with Crippen LogP contribution in [-0.2, 0) is 4.74 Å². The Labute approximate surface area is 167 Å². The Hall–Kier alpha value is -3.31.